The third kappa shape index (κ3) is 2.45. The second-order valence-corrected chi connectivity index (χ2v) is 6.10. The molecule has 1 aromatic rings. The van der Waals surface area contributed by atoms with Crippen molar-refractivity contribution in [3.05, 3.63) is 34.9 Å². The van der Waals surface area contributed by atoms with Crippen molar-refractivity contribution in [1.29, 1.82) is 0 Å². The van der Waals surface area contributed by atoms with Gasteiger partial charge in [-0.1, -0.05) is 18.2 Å². The first-order chi connectivity index (χ1) is 8.50. The molecule has 2 heteroatoms. The van der Waals surface area contributed by atoms with Gasteiger partial charge < -0.3 is 10.2 Å². The Morgan fingerprint density at radius 1 is 1.22 bits per heavy atom. The summed E-state index contributed by atoms with van der Waals surface area (Å²) in [6.45, 7) is 5.51. The summed E-state index contributed by atoms with van der Waals surface area (Å²) in [5.41, 5.74) is 4.70. The van der Waals surface area contributed by atoms with Crippen LogP contribution in [0.15, 0.2) is 18.2 Å². The summed E-state index contributed by atoms with van der Waals surface area (Å²) in [7, 11) is 6.47. The Kier molecular flexibility index (Phi) is 3.79. The minimum atomic E-state index is 0.444. The van der Waals surface area contributed by atoms with Gasteiger partial charge in [-0.3, -0.25) is 0 Å². The molecule has 0 saturated heterocycles. The summed E-state index contributed by atoms with van der Waals surface area (Å²) in [5, 5.41) is 3.37. The van der Waals surface area contributed by atoms with Crippen LogP contribution >= 0.6 is 0 Å². The first-order valence-corrected chi connectivity index (χ1v) is 6.88. The van der Waals surface area contributed by atoms with Crippen LogP contribution in [0.25, 0.3) is 0 Å². The second kappa shape index (κ2) is 5.02. The minimum absolute atomic E-state index is 0.444. The summed E-state index contributed by atoms with van der Waals surface area (Å²) in [6.07, 6.45) is 2.67. The van der Waals surface area contributed by atoms with Gasteiger partial charge in [0.05, 0.1) is 0 Å². The van der Waals surface area contributed by atoms with Gasteiger partial charge in [0, 0.05) is 18.0 Å². The molecule has 1 unspecified atom stereocenters. The van der Waals surface area contributed by atoms with Gasteiger partial charge in [0.25, 0.3) is 0 Å². The van der Waals surface area contributed by atoms with Crippen molar-refractivity contribution >= 4 is 0 Å². The molecule has 0 bridgehead atoms. The lowest BCUT2D eigenvalue weighted by Crippen LogP contribution is -2.34. The number of rotatable bonds is 5. The zero-order chi connectivity index (χ0) is 13.3. The van der Waals surface area contributed by atoms with Gasteiger partial charge in [-0.2, -0.15) is 0 Å². The Labute approximate surface area is 111 Å². The van der Waals surface area contributed by atoms with Crippen molar-refractivity contribution in [3.8, 4) is 0 Å². The molecule has 1 saturated carbocycles. The fraction of sp³-hybridized carbons (Fsp3) is 0.625. The number of benzene rings is 1. The molecule has 1 aliphatic carbocycles. The lowest BCUT2D eigenvalue weighted by atomic mass is 9.87. The molecule has 0 amide bonds. The lowest BCUT2D eigenvalue weighted by Gasteiger charge is -2.33. The van der Waals surface area contributed by atoms with Crippen LogP contribution in [0.4, 0.5) is 0 Å². The summed E-state index contributed by atoms with van der Waals surface area (Å²) in [4.78, 5) is 2.38. The van der Waals surface area contributed by atoms with E-state index in [0.29, 0.717) is 11.5 Å². The van der Waals surface area contributed by atoms with Crippen molar-refractivity contribution in [2.75, 3.05) is 27.7 Å². The van der Waals surface area contributed by atoms with Crippen LogP contribution in [0.2, 0.25) is 0 Å². The Morgan fingerprint density at radius 2 is 1.89 bits per heavy atom. The summed E-state index contributed by atoms with van der Waals surface area (Å²) < 4.78 is 0. The summed E-state index contributed by atoms with van der Waals surface area (Å²) >= 11 is 0. The van der Waals surface area contributed by atoms with E-state index in [1.165, 1.54) is 29.5 Å². The maximum Gasteiger partial charge on any atom is 0.0410 e. The van der Waals surface area contributed by atoms with E-state index in [4.69, 9.17) is 0 Å². The summed E-state index contributed by atoms with van der Waals surface area (Å²) in [6, 6.07) is 7.47. The van der Waals surface area contributed by atoms with Crippen molar-refractivity contribution in [1.82, 2.24) is 10.2 Å². The third-order valence-corrected chi connectivity index (χ3v) is 4.36. The molecule has 18 heavy (non-hydrogen) atoms. The van der Waals surface area contributed by atoms with Crippen LogP contribution < -0.4 is 5.32 Å². The maximum atomic E-state index is 3.37. The molecule has 1 atom stereocenters. The predicted molar refractivity (Wildman–Crippen MR) is 77.9 cm³/mol. The van der Waals surface area contributed by atoms with Crippen molar-refractivity contribution in [3.63, 3.8) is 0 Å². The molecule has 2 nitrogen and oxygen atoms in total. The SMILES string of the molecule is CNCC1(C(c2ccc(C)c(C)c2)N(C)C)CC1. The fourth-order valence-electron chi connectivity index (χ4n) is 3.19. The number of hydrogen-bond acceptors (Lipinski definition) is 2. The van der Waals surface area contributed by atoms with Crippen LogP contribution in [0.5, 0.6) is 0 Å². The number of aryl methyl sites for hydroxylation is 2. The molecule has 0 aromatic heterocycles. The zero-order valence-electron chi connectivity index (χ0n) is 12.4. The van der Waals surface area contributed by atoms with E-state index in [9.17, 15) is 0 Å². The van der Waals surface area contributed by atoms with E-state index in [-0.39, 0.29) is 0 Å². The second-order valence-electron chi connectivity index (χ2n) is 6.10. The van der Waals surface area contributed by atoms with E-state index in [1.807, 2.05) is 0 Å². The first-order valence-electron chi connectivity index (χ1n) is 6.88. The van der Waals surface area contributed by atoms with Gasteiger partial charge >= 0.3 is 0 Å². The van der Waals surface area contributed by atoms with Gasteiger partial charge in [-0.05, 0) is 64.5 Å². The van der Waals surface area contributed by atoms with Crippen LogP contribution in [-0.2, 0) is 0 Å². The molecule has 1 aromatic carbocycles. The molecule has 0 radical (unpaired) electrons. The normalized spacial score (nSPS) is 19.0. The average Bonchev–Trinajstić information content (AvgIpc) is 3.04. The Morgan fingerprint density at radius 3 is 2.33 bits per heavy atom. The lowest BCUT2D eigenvalue weighted by molar-refractivity contribution is 0.191. The van der Waals surface area contributed by atoms with Crippen LogP contribution in [-0.4, -0.2) is 32.6 Å². The quantitative estimate of drug-likeness (QED) is 0.859. The fourth-order valence-corrected chi connectivity index (χ4v) is 3.19. The molecule has 0 heterocycles. The predicted octanol–water partition coefficient (Wildman–Crippen LogP) is 2.91. The Balaban J connectivity index is 2.33. The van der Waals surface area contributed by atoms with E-state index in [2.05, 4.69) is 63.4 Å². The number of nitrogens with zero attached hydrogens (tertiary/aromatic N) is 1. The molecule has 1 fully saturated rings. The van der Waals surface area contributed by atoms with Crippen LogP contribution in [0, 0.1) is 19.3 Å². The van der Waals surface area contributed by atoms with E-state index in [0.717, 1.165) is 6.54 Å². The van der Waals surface area contributed by atoms with Crippen LogP contribution in [0.1, 0.15) is 35.6 Å². The molecule has 2 rings (SSSR count). The molecule has 1 N–H and O–H groups in total. The monoisotopic (exact) mass is 246 g/mol. The van der Waals surface area contributed by atoms with E-state index in [1.54, 1.807) is 0 Å². The van der Waals surface area contributed by atoms with Gasteiger partial charge in [0.1, 0.15) is 0 Å². The topological polar surface area (TPSA) is 15.3 Å². The highest BCUT2D eigenvalue weighted by Gasteiger charge is 2.50. The minimum Gasteiger partial charge on any atom is -0.319 e. The highest BCUT2D eigenvalue weighted by Crippen LogP contribution is 2.56. The maximum absolute atomic E-state index is 3.37. The average molecular weight is 246 g/mol. The molecule has 100 valence electrons. The van der Waals surface area contributed by atoms with Crippen molar-refractivity contribution < 1.29 is 0 Å². The first kappa shape index (κ1) is 13.6. The standard InChI is InChI=1S/C16H26N2/c1-12-6-7-14(10-13(12)2)15(18(4)5)16(8-9-16)11-17-3/h6-7,10,15,17H,8-9,11H2,1-5H3. The highest BCUT2D eigenvalue weighted by atomic mass is 15.1. The van der Waals surface area contributed by atoms with E-state index >= 15 is 0 Å². The molecule has 0 aliphatic heterocycles. The van der Waals surface area contributed by atoms with Gasteiger partial charge in [0.15, 0.2) is 0 Å². The highest BCUT2D eigenvalue weighted by molar-refractivity contribution is 5.33. The van der Waals surface area contributed by atoms with Crippen molar-refractivity contribution in [2.24, 2.45) is 5.41 Å². The molecule has 1 aliphatic rings. The Hall–Kier alpha value is -0.860. The van der Waals surface area contributed by atoms with Gasteiger partial charge in [-0.25, -0.2) is 0 Å². The largest absolute Gasteiger partial charge is 0.319 e. The zero-order valence-corrected chi connectivity index (χ0v) is 12.4. The molecular weight excluding hydrogens is 220 g/mol. The number of nitrogens with one attached hydrogen (secondary N) is 1. The smallest absolute Gasteiger partial charge is 0.0410 e. The number of hydrogen-bond donors (Lipinski definition) is 1. The van der Waals surface area contributed by atoms with E-state index < -0.39 is 0 Å². The third-order valence-electron chi connectivity index (χ3n) is 4.36. The Bertz CT molecular complexity index is 419. The summed E-state index contributed by atoms with van der Waals surface area (Å²) in [5.74, 6) is 0. The van der Waals surface area contributed by atoms with Crippen molar-refractivity contribution in [2.45, 2.75) is 32.7 Å². The van der Waals surface area contributed by atoms with Gasteiger partial charge in [-0.15, -0.1) is 0 Å². The van der Waals surface area contributed by atoms with Crippen LogP contribution in [0.3, 0.4) is 0 Å². The molecule has 0 spiro atoms. The molecular formula is C16H26N2. The van der Waals surface area contributed by atoms with Gasteiger partial charge in [0.2, 0.25) is 0 Å².